The number of amides is 1. The maximum Gasteiger partial charge on any atom is 0.305 e. The van der Waals surface area contributed by atoms with E-state index >= 15 is 0 Å². The molecule has 0 aromatic carbocycles. The molecule has 1 saturated heterocycles. The van der Waals surface area contributed by atoms with Gasteiger partial charge >= 0.3 is 5.97 Å². The minimum Gasteiger partial charge on any atom is -0.481 e. The number of carbonyl (C=O) groups excluding carboxylic acids is 1. The average Bonchev–Trinajstić information content (AvgIpc) is 2.80. The van der Waals surface area contributed by atoms with Gasteiger partial charge in [0, 0.05) is 19.1 Å². The van der Waals surface area contributed by atoms with Gasteiger partial charge in [0.2, 0.25) is 5.91 Å². The van der Waals surface area contributed by atoms with E-state index in [4.69, 9.17) is 5.11 Å². The summed E-state index contributed by atoms with van der Waals surface area (Å²) < 4.78 is 0. The Kier molecular flexibility index (Phi) is 4.13. The van der Waals surface area contributed by atoms with E-state index in [2.05, 4.69) is 24.1 Å². The highest BCUT2D eigenvalue weighted by Crippen LogP contribution is 2.31. The van der Waals surface area contributed by atoms with Crippen LogP contribution in [0.5, 0.6) is 0 Å². The van der Waals surface area contributed by atoms with E-state index in [9.17, 15) is 9.59 Å². The molecule has 1 unspecified atom stereocenters. The van der Waals surface area contributed by atoms with Crippen molar-refractivity contribution in [3.63, 3.8) is 0 Å². The van der Waals surface area contributed by atoms with Crippen LogP contribution in [0.15, 0.2) is 0 Å². The molecule has 0 aromatic heterocycles. The van der Waals surface area contributed by atoms with Gasteiger partial charge in [-0.25, -0.2) is 0 Å². The average molecular weight is 268 g/mol. The molecule has 108 valence electrons. The van der Waals surface area contributed by atoms with Gasteiger partial charge in [0.05, 0.1) is 12.5 Å². The highest BCUT2D eigenvalue weighted by Gasteiger charge is 2.40. The minimum absolute atomic E-state index is 0.00843. The van der Waals surface area contributed by atoms with Crippen molar-refractivity contribution in [2.45, 2.75) is 58.0 Å². The second kappa shape index (κ2) is 5.49. The number of nitrogens with zero attached hydrogens (tertiary/aromatic N) is 1. The van der Waals surface area contributed by atoms with Crippen LogP contribution in [0.2, 0.25) is 0 Å². The van der Waals surface area contributed by atoms with Crippen molar-refractivity contribution in [3.05, 3.63) is 0 Å². The Balaban J connectivity index is 2.22. The number of carboxylic acid groups (broad SMARTS) is 1. The Morgan fingerprint density at radius 1 is 1.42 bits per heavy atom. The van der Waals surface area contributed by atoms with Crippen molar-refractivity contribution >= 4 is 11.9 Å². The lowest BCUT2D eigenvalue weighted by atomic mass is 9.92. The van der Waals surface area contributed by atoms with E-state index in [-0.39, 0.29) is 17.7 Å². The molecule has 5 heteroatoms. The quantitative estimate of drug-likeness (QED) is 0.807. The van der Waals surface area contributed by atoms with Crippen LogP contribution >= 0.6 is 0 Å². The van der Waals surface area contributed by atoms with Crippen molar-refractivity contribution in [1.82, 2.24) is 10.2 Å². The first-order chi connectivity index (χ1) is 8.89. The summed E-state index contributed by atoms with van der Waals surface area (Å²) in [7, 11) is 0. The normalized spacial score (nSPS) is 28.9. The third-order valence-electron chi connectivity index (χ3n) is 4.22. The van der Waals surface area contributed by atoms with Crippen LogP contribution in [0.25, 0.3) is 0 Å². The number of carboxylic acids is 1. The zero-order valence-corrected chi connectivity index (χ0v) is 11.8. The molecule has 2 aliphatic rings. The van der Waals surface area contributed by atoms with Crippen LogP contribution < -0.4 is 5.32 Å². The lowest BCUT2D eigenvalue weighted by Gasteiger charge is -2.36. The summed E-state index contributed by atoms with van der Waals surface area (Å²) in [5, 5.41) is 12.0. The van der Waals surface area contributed by atoms with Crippen LogP contribution in [0.3, 0.4) is 0 Å². The summed E-state index contributed by atoms with van der Waals surface area (Å²) in [4.78, 5) is 25.4. The predicted molar refractivity (Wildman–Crippen MR) is 71.8 cm³/mol. The molecule has 2 N–H and O–H groups in total. The molecule has 1 heterocycles. The number of carbonyl (C=O) groups is 2. The molecule has 1 amide bonds. The maximum atomic E-state index is 12.2. The number of hydrogen-bond acceptors (Lipinski definition) is 3. The Labute approximate surface area is 114 Å². The van der Waals surface area contributed by atoms with Gasteiger partial charge in [-0.1, -0.05) is 26.7 Å². The molecule has 1 atom stereocenters. The SMILES string of the molecule is CC1(C)CNC(=O)C(CC(=O)O)N(C2CCCC2)C1. The number of rotatable bonds is 3. The largest absolute Gasteiger partial charge is 0.481 e. The van der Waals surface area contributed by atoms with Crippen LogP contribution in [-0.4, -0.2) is 47.1 Å². The van der Waals surface area contributed by atoms with E-state index in [0.717, 1.165) is 19.4 Å². The van der Waals surface area contributed by atoms with Gasteiger partial charge in [-0.3, -0.25) is 14.5 Å². The maximum absolute atomic E-state index is 12.2. The summed E-state index contributed by atoms with van der Waals surface area (Å²) in [5.41, 5.74) is -0.00843. The fourth-order valence-corrected chi connectivity index (χ4v) is 3.25. The molecule has 0 spiro atoms. The van der Waals surface area contributed by atoms with Gasteiger partial charge in [0.1, 0.15) is 0 Å². The van der Waals surface area contributed by atoms with Gasteiger partial charge in [-0.05, 0) is 18.3 Å². The van der Waals surface area contributed by atoms with Gasteiger partial charge in [-0.2, -0.15) is 0 Å². The number of hydrogen-bond donors (Lipinski definition) is 2. The minimum atomic E-state index is -0.900. The molecular weight excluding hydrogens is 244 g/mol. The van der Waals surface area contributed by atoms with Crippen LogP contribution in [-0.2, 0) is 9.59 Å². The summed E-state index contributed by atoms with van der Waals surface area (Å²) in [6, 6.07) is -0.144. The van der Waals surface area contributed by atoms with Crippen molar-refractivity contribution < 1.29 is 14.7 Å². The molecule has 0 radical (unpaired) electrons. The Bertz CT molecular complexity index is 362. The topological polar surface area (TPSA) is 69.6 Å². The second-order valence-electron chi connectivity index (χ2n) is 6.61. The zero-order valence-electron chi connectivity index (χ0n) is 11.8. The van der Waals surface area contributed by atoms with Gasteiger partial charge < -0.3 is 10.4 Å². The predicted octanol–water partition coefficient (Wildman–Crippen LogP) is 1.23. The number of nitrogens with one attached hydrogen (secondary N) is 1. The van der Waals surface area contributed by atoms with Gasteiger partial charge in [0.15, 0.2) is 0 Å². The smallest absolute Gasteiger partial charge is 0.305 e. The van der Waals surface area contributed by atoms with Crippen molar-refractivity contribution in [2.75, 3.05) is 13.1 Å². The second-order valence-corrected chi connectivity index (χ2v) is 6.61. The summed E-state index contributed by atoms with van der Waals surface area (Å²) in [6.07, 6.45) is 4.43. The van der Waals surface area contributed by atoms with E-state index in [0.29, 0.717) is 12.6 Å². The third-order valence-corrected chi connectivity index (χ3v) is 4.22. The van der Waals surface area contributed by atoms with Crippen molar-refractivity contribution in [2.24, 2.45) is 5.41 Å². The van der Waals surface area contributed by atoms with Crippen LogP contribution in [0, 0.1) is 5.41 Å². The third kappa shape index (κ3) is 3.47. The van der Waals surface area contributed by atoms with Gasteiger partial charge in [-0.15, -0.1) is 0 Å². The molecule has 0 aromatic rings. The molecule has 5 nitrogen and oxygen atoms in total. The summed E-state index contributed by atoms with van der Waals surface area (Å²) >= 11 is 0. The first-order valence-electron chi connectivity index (χ1n) is 7.14. The van der Waals surface area contributed by atoms with Crippen LogP contribution in [0.1, 0.15) is 46.0 Å². The van der Waals surface area contributed by atoms with E-state index < -0.39 is 12.0 Å². The molecule has 1 aliphatic heterocycles. The lowest BCUT2D eigenvalue weighted by molar-refractivity contribution is -0.142. The Morgan fingerprint density at radius 2 is 2.05 bits per heavy atom. The molecule has 2 rings (SSSR count). The Hall–Kier alpha value is -1.10. The monoisotopic (exact) mass is 268 g/mol. The first kappa shape index (κ1) is 14.3. The zero-order chi connectivity index (χ0) is 14.0. The molecule has 1 saturated carbocycles. The molecular formula is C14H24N2O3. The van der Waals surface area contributed by atoms with E-state index in [1.54, 1.807) is 0 Å². The lowest BCUT2D eigenvalue weighted by Crippen LogP contribution is -2.50. The standard InChI is InChI=1S/C14H24N2O3/c1-14(2)8-15-13(19)11(7-12(17)18)16(9-14)10-5-3-4-6-10/h10-11H,3-9H2,1-2H3,(H,15,19)(H,17,18). The van der Waals surface area contributed by atoms with Crippen molar-refractivity contribution in [1.29, 1.82) is 0 Å². The molecule has 19 heavy (non-hydrogen) atoms. The van der Waals surface area contributed by atoms with E-state index in [1.807, 2.05) is 0 Å². The van der Waals surface area contributed by atoms with Crippen molar-refractivity contribution in [3.8, 4) is 0 Å². The molecule has 0 bridgehead atoms. The van der Waals surface area contributed by atoms with Gasteiger partial charge in [0.25, 0.3) is 0 Å². The van der Waals surface area contributed by atoms with Crippen LogP contribution in [0.4, 0.5) is 0 Å². The molecule has 2 fully saturated rings. The highest BCUT2D eigenvalue weighted by atomic mass is 16.4. The fourth-order valence-electron chi connectivity index (χ4n) is 3.25. The number of aliphatic carboxylic acids is 1. The first-order valence-corrected chi connectivity index (χ1v) is 7.14. The van der Waals surface area contributed by atoms with E-state index in [1.165, 1.54) is 12.8 Å². The highest BCUT2D eigenvalue weighted by molar-refractivity contribution is 5.86. The molecule has 1 aliphatic carbocycles. The Morgan fingerprint density at radius 3 is 2.63 bits per heavy atom. The fraction of sp³-hybridized carbons (Fsp3) is 0.857. The summed E-state index contributed by atoms with van der Waals surface area (Å²) in [6.45, 7) is 5.65. The summed E-state index contributed by atoms with van der Waals surface area (Å²) in [5.74, 6) is -1.03.